The zero-order valence-electron chi connectivity index (χ0n) is 12.1. The number of hydrazone groups is 1. The maximum atomic E-state index is 12.2. The van der Waals surface area contributed by atoms with E-state index in [0.717, 1.165) is 10.6 Å². The molecule has 0 aliphatic heterocycles. The quantitative estimate of drug-likeness (QED) is 0.639. The highest BCUT2D eigenvalue weighted by Crippen LogP contribution is 2.27. The van der Waals surface area contributed by atoms with E-state index in [2.05, 4.69) is 10.4 Å². The number of aliphatic hydroxyl groups excluding tert-OH is 1. The van der Waals surface area contributed by atoms with Gasteiger partial charge in [0.15, 0.2) is 0 Å². The predicted molar refractivity (Wildman–Crippen MR) is 93.5 cm³/mol. The van der Waals surface area contributed by atoms with E-state index >= 15 is 0 Å². The number of anilines is 1. The molecule has 7 heteroatoms. The van der Waals surface area contributed by atoms with Gasteiger partial charge in [0, 0.05) is 6.54 Å². The molecular weight excluding hydrogens is 337 g/mol. The molecule has 0 aromatic heterocycles. The van der Waals surface area contributed by atoms with E-state index in [4.69, 9.17) is 28.3 Å². The SMILES string of the molecule is O=C(NCCO)N(/N=C/c1ccccc1)c1ccc(Cl)c(Cl)c1. The molecular formula is C16H15Cl2N3O2. The van der Waals surface area contributed by atoms with Gasteiger partial charge in [0.2, 0.25) is 0 Å². The molecule has 0 aliphatic rings. The van der Waals surface area contributed by atoms with Gasteiger partial charge in [0.05, 0.1) is 28.6 Å². The summed E-state index contributed by atoms with van der Waals surface area (Å²) < 4.78 is 0. The van der Waals surface area contributed by atoms with Gasteiger partial charge in [0.25, 0.3) is 0 Å². The molecule has 0 fully saturated rings. The van der Waals surface area contributed by atoms with Crippen LogP contribution in [0.4, 0.5) is 10.5 Å². The van der Waals surface area contributed by atoms with Gasteiger partial charge >= 0.3 is 6.03 Å². The first-order valence-electron chi connectivity index (χ1n) is 6.84. The third-order valence-electron chi connectivity index (χ3n) is 2.85. The average molecular weight is 352 g/mol. The minimum atomic E-state index is -0.482. The smallest absolute Gasteiger partial charge is 0.342 e. The Kier molecular flexibility index (Phi) is 6.40. The van der Waals surface area contributed by atoms with Crippen LogP contribution in [0, 0.1) is 0 Å². The Balaban J connectivity index is 2.29. The van der Waals surface area contributed by atoms with Crippen molar-refractivity contribution in [2.45, 2.75) is 0 Å². The average Bonchev–Trinajstić information content (AvgIpc) is 2.57. The van der Waals surface area contributed by atoms with Gasteiger partial charge < -0.3 is 10.4 Å². The van der Waals surface area contributed by atoms with Crippen LogP contribution in [0.2, 0.25) is 10.0 Å². The van der Waals surface area contributed by atoms with E-state index < -0.39 is 6.03 Å². The standard InChI is InChI=1S/C16H15Cl2N3O2/c17-14-7-6-13(10-15(14)18)21(16(23)19-8-9-22)20-11-12-4-2-1-3-5-12/h1-7,10-11,22H,8-9H2,(H,19,23)/b20-11+. The van der Waals surface area contributed by atoms with Crippen LogP contribution in [-0.2, 0) is 0 Å². The van der Waals surface area contributed by atoms with Crippen LogP contribution in [0.25, 0.3) is 0 Å². The number of hydrogen-bond donors (Lipinski definition) is 2. The Morgan fingerprint density at radius 3 is 2.57 bits per heavy atom. The minimum absolute atomic E-state index is 0.123. The third-order valence-corrected chi connectivity index (χ3v) is 3.59. The highest BCUT2D eigenvalue weighted by molar-refractivity contribution is 6.42. The summed E-state index contributed by atoms with van der Waals surface area (Å²) in [6, 6.07) is 13.6. The molecule has 0 heterocycles. The van der Waals surface area contributed by atoms with Gasteiger partial charge in [-0.05, 0) is 23.8 Å². The van der Waals surface area contributed by atoms with Crippen molar-refractivity contribution in [3.63, 3.8) is 0 Å². The van der Waals surface area contributed by atoms with Gasteiger partial charge in [-0.15, -0.1) is 0 Å². The van der Waals surface area contributed by atoms with E-state index in [-0.39, 0.29) is 13.2 Å². The second kappa shape index (κ2) is 8.53. The first-order valence-corrected chi connectivity index (χ1v) is 7.60. The number of nitrogens with zero attached hydrogens (tertiary/aromatic N) is 2. The summed E-state index contributed by atoms with van der Waals surface area (Å²) in [5, 5.41) is 17.5. The lowest BCUT2D eigenvalue weighted by Gasteiger charge is -2.18. The number of amides is 2. The minimum Gasteiger partial charge on any atom is -0.395 e. The van der Waals surface area contributed by atoms with Crippen molar-refractivity contribution in [2.75, 3.05) is 18.2 Å². The molecule has 2 N–H and O–H groups in total. The molecule has 0 radical (unpaired) electrons. The topological polar surface area (TPSA) is 64.9 Å². The molecule has 23 heavy (non-hydrogen) atoms. The number of halogens is 2. The number of aliphatic hydroxyl groups is 1. The fourth-order valence-corrected chi connectivity index (χ4v) is 2.05. The zero-order chi connectivity index (χ0) is 16.7. The molecule has 5 nitrogen and oxygen atoms in total. The number of rotatable bonds is 5. The molecule has 0 atom stereocenters. The van der Waals surface area contributed by atoms with E-state index in [1.54, 1.807) is 24.4 Å². The van der Waals surface area contributed by atoms with Gasteiger partial charge in [0.1, 0.15) is 0 Å². The molecule has 0 aliphatic carbocycles. The summed E-state index contributed by atoms with van der Waals surface area (Å²) in [6.45, 7) is -0.0408. The molecule has 0 saturated carbocycles. The second-order valence-corrected chi connectivity index (χ2v) is 5.34. The number of nitrogens with one attached hydrogen (secondary N) is 1. The molecule has 120 valence electrons. The lowest BCUT2D eigenvalue weighted by atomic mass is 10.2. The van der Waals surface area contributed by atoms with Crippen molar-refractivity contribution in [3.05, 3.63) is 64.1 Å². The molecule has 0 saturated heterocycles. The lowest BCUT2D eigenvalue weighted by Crippen LogP contribution is -2.38. The summed E-state index contributed by atoms with van der Waals surface area (Å²) in [4.78, 5) is 12.2. The van der Waals surface area contributed by atoms with Crippen LogP contribution in [0.5, 0.6) is 0 Å². The number of carbonyl (C=O) groups is 1. The van der Waals surface area contributed by atoms with Crippen LogP contribution >= 0.6 is 23.2 Å². The number of urea groups is 1. The van der Waals surface area contributed by atoms with Crippen LogP contribution in [0.3, 0.4) is 0 Å². The van der Waals surface area contributed by atoms with Crippen molar-refractivity contribution in [3.8, 4) is 0 Å². The first kappa shape index (κ1) is 17.3. The summed E-state index contributed by atoms with van der Waals surface area (Å²) in [5.41, 5.74) is 1.30. The van der Waals surface area contributed by atoms with Gasteiger partial charge in [-0.25, -0.2) is 4.79 Å². The molecule has 2 aromatic rings. The van der Waals surface area contributed by atoms with Crippen LogP contribution in [0.15, 0.2) is 53.6 Å². The predicted octanol–water partition coefficient (Wildman–Crippen LogP) is 3.54. The summed E-state index contributed by atoms with van der Waals surface area (Å²) in [7, 11) is 0. The van der Waals surface area contributed by atoms with Gasteiger partial charge in [-0.3, -0.25) is 0 Å². The Morgan fingerprint density at radius 1 is 1.17 bits per heavy atom. The molecule has 0 bridgehead atoms. The van der Waals surface area contributed by atoms with Crippen molar-refractivity contribution < 1.29 is 9.90 Å². The number of hydrogen-bond acceptors (Lipinski definition) is 3. The van der Waals surface area contributed by atoms with E-state index in [9.17, 15) is 4.79 Å². The maximum Gasteiger partial charge on any atom is 0.342 e. The normalized spacial score (nSPS) is 10.7. The monoisotopic (exact) mass is 351 g/mol. The van der Waals surface area contributed by atoms with E-state index in [1.165, 1.54) is 0 Å². The molecule has 0 spiro atoms. The van der Waals surface area contributed by atoms with Crippen LogP contribution in [0.1, 0.15) is 5.56 Å². The maximum absolute atomic E-state index is 12.2. The van der Waals surface area contributed by atoms with Crippen molar-refractivity contribution in [1.29, 1.82) is 0 Å². The van der Waals surface area contributed by atoms with Crippen molar-refractivity contribution >= 4 is 41.1 Å². The zero-order valence-corrected chi connectivity index (χ0v) is 13.6. The van der Waals surface area contributed by atoms with Gasteiger partial charge in [-0.1, -0.05) is 53.5 Å². The second-order valence-electron chi connectivity index (χ2n) is 4.52. The molecule has 0 unspecified atom stereocenters. The largest absolute Gasteiger partial charge is 0.395 e. The van der Waals surface area contributed by atoms with Crippen LogP contribution in [-0.4, -0.2) is 30.5 Å². The first-order chi connectivity index (χ1) is 11.1. The van der Waals surface area contributed by atoms with E-state index in [1.807, 2.05) is 30.3 Å². The van der Waals surface area contributed by atoms with Gasteiger partial charge in [-0.2, -0.15) is 10.1 Å². The summed E-state index contributed by atoms with van der Waals surface area (Å²) >= 11 is 11.9. The summed E-state index contributed by atoms with van der Waals surface area (Å²) in [6.07, 6.45) is 1.56. The fourth-order valence-electron chi connectivity index (χ4n) is 1.75. The Morgan fingerprint density at radius 2 is 1.91 bits per heavy atom. The molecule has 2 amide bonds. The highest BCUT2D eigenvalue weighted by atomic mass is 35.5. The number of benzene rings is 2. The van der Waals surface area contributed by atoms with E-state index in [0.29, 0.717) is 15.7 Å². The third kappa shape index (κ3) is 4.96. The Hall–Kier alpha value is -2.08. The Bertz CT molecular complexity index is 693. The van der Waals surface area contributed by atoms with Crippen LogP contribution < -0.4 is 10.3 Å². The lowest BCUT2D eigenvalue weighted by molar-refractivity contribution is 0.239. The molecule has 2 rings (SSSR count). The van der Waals surface area contributed by atoms with Crippen molar-refractivity contribution in [1.82, 2.24) is 5.32 Å². The molecule has 2 aromatic carbocycles. The Labute approximate surface area is 144 Å². The highest BCUT2D eigenvalue weighted by Gasteiger charge is 2.15. The number of carbonyl (C=O) groups excluding carboxylic acids is 1. The summed E-state index contributed by atoms with van der Waals surface area (Å²) in [5.74, 6) is 0. The van der Waals surface area contributed by atoms with Crippen molar-refractivity contribution in [2.24, 2.45) is 5.10 Å². The fraction of sp³-hybridized carbons (Fsp3) is 0.125.